The van der Waals surface area contributed by atoms with Gasteiger partial charge in [-0.15, -0.1) is 0 Å². The Morgan fingerprint density at radius 1 is 0.829 bits per heavy atom. The molecule has 1 unspecified atom stereocenters. The average Bonchev–Trinajstić information content (AvgIpc) is 3.04. The zero-order valence-corrected chi connectivity index (χ0v) is 19.5. The molecule has 1 heterocycles. The zero-order chi connectivity index (χ0) is 24.4. The number of carbonyl (C=O) groups is 1. The molecule has 0 saturated carbocycles. The van der Waals surface area contributed by atoms with Crippen molar-refractivity contribution in [3.8, 4) is 0 Å². The number of piperidine rings is 1. The Hall–Kier alpha value is -3.34. The van der Waals surface area contributed by atoms with Crippen LogP contribution in [0.3, 0.4) is 0 Å². The van der Waals surface area contributed by atoms with Crippen LogP contribution in [0.2, 0.25) is 0 Å². The summed E-state index contributed by atoms with van der Waals surface area (Å²) in [6, 6.07) is 22.3. The highest BCUT2D eigenvalue weighted by Gasteiger charge is 2.36. The highest BCUT2D eigenvalue weighted by atomic mass is 19.4. The molecular formula is C30H28F3NO. The monoisotopic (exact) mass is 475 g/mol. The second-order valence-electron chi connectivity index (χ2n) is 9.49. The zero-order valence-electron chi connectivity index (χ0n) is 19.5. The Balaban J connectivity index is 1.38. The lowest BCUT2D eigenvalue weighted by Gasteiger charge is -2.37. The first-order chi connectivity index (χ1) is 16.9. The molecule has 0 bridgehead atoms. The molecule has 0 spiro atoms. The highest BCUT2D eigenvalue weighted by molar-refractivity contribution is 5.91. The summed E-state index contributed by atoms with van der Waals surface area (Å²) in [5, 5.41) is 0. The van der Waals surface area contributed by atoms with Crippen molar-refractivity contribution in [2.24, 2.45) is 5.92 Å². The van der Waals surface area contributed by atoms with E-state index in [1.165, 1.54) is 23.3 Å². The predicted molar refractivity (Wildman–Crippen MR) is 132 cm³/mol. The van der Waals surface area contributed by atoms with Crippen molar-refractivity contribution in [2.75, 3.05) is 13.1 Å². The molecule has 0 aromatic heterocycles. The van der Waals surface area contributed by atoms with Crippen molar-refractivity contribution in [3.63, 3.8) is 0 Å². The van der Waals surface area contributed by atoms with Gasteiger partial charge in [-0.3, -0.25) is 4.79 Å². The molecule has 180 valence electrons. The normalized spacial score (nSPS) is 18.7. The van der Waals surface area contributed by atoms with Gasteiger partial charge in [0.05, 0.1) is 5.56 Å². The van der Waals surface area contributed by atoms with Crippen LogP contribution >= 0.6 is 0 Å². The molecule has 1 amide bonds. The minimum atomic E-state index is -4.34. The summed E-state index contributed by atoms with van der Waals surface area (Å²) in [6.45, 7) is 1.30. The van der Waals surface area contributed by atoms with Gasteiger partial charge in [-0.05, 0) is 77.6 Å². The largest absolute Gasteiger partial charge is 0.416 e. The van der Waals surface area contributed by atoms with Crippen molar-refractivity contribution < 1.29 is 18.0 Å². The molecule has 2 nitrogen and oxygen atoms in total. The van der Waals surface area contributed by atoms with Gasteiger partial charge in [0.25, 0.3) is 0 Å². The fourth-order valence-electron chi connectivity index (χ4n) is 5.60. The third-order valence-corrected chi connectivity index (χ3v) is 7.40. The maximum absolute atomic E-state index is 13.4. The summed E-state index contributed by atoms with van der Waals surface area (Å²) < 4.78 is 40.3. The number of halogens is 3. The Kier molecular flexibility index (Phi) is 6.50. The van der Waals surface area contributed by atoms with Crippen LogP contribution in [0.4, 0.5) is 13.2 Å². The summed E-state index contributed by atoms with van der Waals surface area (Å²) in [6.07, 6.45) is 2.11. The second-order valence-corrected chi connectivity index (χ2v) is 9.49. The molecule has 1 aliphatic heterocycles. The summed E-state index contributed by atoms with van der Waals surface area (Å²) in [7, 11) is 0. The van der Waals surface area contributed by atoms with Crippen molar-refractivity contribution >= 4 is 12.0 Å². The first-order valence-electron chi connectivity index (χ1n) is 12.2. The number of aryl methyl sites for hydroxylation is 2. The van der Waals surface area contributed by atoms with Gasteiger partial charge in [-0.25, -0.2) is 0 Å². The van der Waals surface area contributed by atoms with Crippen LogP contribution in [-0.4, -0.2) is 23.9 Å². The fourth-order valence-corrected chi connectivity index (χ4v) is 5.60. The second kappa shape index (κ2) is 9.73. The number of hydrogen-bond donors (Lipinski definition) is 0. The van der Waals surface area contributed by atoms with Crippen molar-refractivity contribution in [1.29, 1.82) is 0 Å². The lowest BCUT2D eigenvalue weighted by Crippen LogP contribution is -2.39. The molecular weight excluding hydrogens is 447 g/mol. The summed E-state index contributed by atoms with van der Waals surface area (Å²) in [5.41, 5.74) is 4.65. The van der Waals surface area contributed by atoms with Crippen molar-refractivity contribution in [2.45, 2.75) is 37.8 Å². The van der Waals surface area contributed by atoms with Crippen LogP contribution in [0.1, 0.15) is 52.1 Å². The van der Waals surface area contributed by atoms with Gasteiger partial charge in [-0.1, -0.05) is 60.7 Å². The number of nitrogens with zero attached hydrogens (tertiary/aromatic N) is 1. The third kappa shape index (κ3) is 5.04. The van der Waals surface area contributed by atoms with E-state index in [1.54, 1.807) is 12.1 Å². The van der Waals surface area contributed by atoms with Gasteiger partial charge in [-0.2, -0.15) is 13.2 Å². The van der Waals surface area contributed by atoms with Gasteiger partial charge in [0.1, 0.15) is 0 Å². The number of benzene rings is 3. The van der Waals surface area contributed by atoms with Crippen LogP contribution in [0.25, 0.3) is 6.08 Å². The molecule has 2 aliphatic rings. The highest BCUT2D eigenvalue weighted by Crippen LogP contribution is 2.44. The van der Waals surface area contributed by atoms with Crippen LogP contribution in [0.5, 0.6) is 0 Å². The predicted octanol–water partition coefficient (Wildman–Crippen LogP) is 6.89. The molecule has 1 atom stereocenters. The number of fused-ring (bicyclic) bond motifs is 2. The van der Waals surface area contributed by atoms with Gasteiger partial charge in [0, 0.05) is 25.1 Å². The Morgan fingerprint density at radius 3 is 2.23 bits per heavy atom. The maximum Gasteiger partial charge on any atom is 0.416 e. The molecule has 1 fully saturated rings. The number of amides is 1. The van der Waals surface area contributed by atoms with E-state index in [0.29, 0.717) is 19.5 Å². The molecule has 35 heavy (non-hydrogen) atoms. The summed E-state index contributed by atoms with van der Waals surface area (Å²) in [5.74, 6) is 0.318. The standard InChI is InChI=1S/C30H28F3NO/c31-30(32,33)25-13-14-27-24(20-25)12-11-22-8-4-5-9-26(22)29(27)23-16-18-34(19-17-23)28(35)15-10-21-6-2-1-3-7-21/h1-10,13-15,20,23,29H,11-12,16-19H2. The molecule has 1 aliphatic carbocycles. The Labute approximate surface area is 204 Å². The smallest absolute Gasteiger partial charge is 0.339 e. The minimum Gasteiger partial charge on any atom is -0.339 e. The molecule has 5 rings (SSSR count). The van der Waals surface area contributed by atoms with E-state index in [1.807, 2.05) is 53.4 Å². The fraction of sp³-hybridized carbons (Fsp3) is 0.300. The quantitative estimate of drug-likeness (QED) is 0.378. The van der Waals surface area contributed by atoms with Crippen molar-refractivity contribution in [3.05, 3.63) is 112 Å². The van der Waals surface area contributed by atoms with E-state index in [4.69, 9.17) is 0 Å². The third-order valence-electron chi connectivity index (χ3n) is 7.40. The lowest BCUT2D eigenvalue weighted by molar-refractivity contribution is -0.137. The SMILES string of the molecule is O=C(C=Cc1ccccc1)N1CCC(C2c3ccccc3CCc3cc(C(F)(F)F)ccc32)CC1. The Morgan fingerprint density at radius 2 is 1.49 bits per heavy atom. The minimum absolute atomic E-state index is 0.00351. The van der Waals surface area contributed by atoms with Gasteiger partial charge in [0.15, 0.2) is 0 Å². The van der Waals surface area contributed by atoms with E-state index >= 15 is 0 Å². The van der Waals surface area contributed by atoms with E-state index in [2.05, 4.69) is 12.1 Å². The Bertz CT molecular complexity index is 1220. The molecule has 5 heteroatoms. The van der Waals surface area contributed by atoms with E-state index in [-0.39, 0.29) is 17.7 Å². The van der Waals surface area contributed by atoms with Gasteiger partial charge < -0.3 is 4.90 Å². The van der Waals surface area contributed by atoms with Crippen LogP contribution < -0.4 is 0 Å². The number of alkyl halides is 3. The summed E-state index contributed by atoms with van der Waals surface area (Å²) >= 11 is 0. The van der Waals surface area contributed by atoms with Gasteiger partial charge >= 0.3 is 6.18 Å². The number of likely N-dealkylation sites (tertiary alicyclic amines) is 1. The number of carbonyl (C=O) groups excluding carboxylic acids is 1. The van der Waals surface area contributed by atoms with Crippen molar-refractivity contribution in [1.82, 2.24) is 4.90 Å². The molecule has 3 aromatic carbocycles. The van der Waals surface area contributed by atoms with Crippen LogP contribution in [0.15, 0.2) is 78.9 Å². The first-order valence-corrected chi connectivity index (χ1v) is 12.2. The summed E-state index contributed by atoms with van der Waals surface area (Å²) in [4.78, 5) is 14.7. The first kappa shape index (κ1) is 23.4. The van der Waals surface area contributed by atoms with E-state index in [0.717, 1.165) is 36.0 Å². The molecule has 0 N–H and O–H groups in total. The van der Waals surface area contributed by atoms with Crippen LogP contribution in [-0.2, 0) is 23.8 Å². The maximum atomic E-state index is 13.4. The lowest BCUT2D eigenvalue weighted by atomic mass is 9.74. The molecule has 3 aromatic rings. The van der Waals surface area contributed by atoms with Crippen LogP contribution in [0, 0.1) is 5.92 Å². The topological polar surface area (TPSA) is 20.3 Å². The molecule has 1 saturated heterocycles. The van der Waals surface area contributed by atoms with E-state index in [9.17, 15) is 18.0 Å². The van der Waals surface area contributed by atoms with E-state index < -0.39 is 11.7 Å². The number of rotatable bonds is 3. The van der Waals surface area contributed by atoms with Gasteiger partial charge in [0.2, 0.25) is 5.91 Å². The molecule has 0 radical (unpaired) electrons. The average molecular weight is 476 g/mol. The number of hydrogen-bond acceptors (Lipinski definition) is 1.